The van der Waals surface area contributed by atoms with Gasteiger partial charge in [-0.15, -0.1) is 11.3 Å². The van der Waals surface area contributed by atoms with E-state index in [1.165, 1.54) is 11.3 Å². The Hall–Kier alpha value is -2.93. The number of amides is 1. The van der Waals surface area contributed by atoms with Crippen LogP contribution in [-0.4, -0.2) is 47.0 Å². The topological polar surface area (TPSA) is 58.6 Å². The van der Waals surface area contributed by atoms with Crippen molar-refractivity contribution in [1.82, 2.24) is 14.9 Å². The maximum absolute atomic E-state index is 12.6. The molecular weight excluding hydrogens is 372 g/mol. The van der Waals surface area contributed by atoms with Crippen molar-refractivity contribution in [2.45, 2.75) is 13.8 Å². The van der Waals surface area contributed by atoms with E-state index in [1.807, 2.05) is 66.6 Å². The van der Waals surface area contributed by atoms with Crippen LogP contribution in [0.5, 0.6) is 11.6 Å². The highest BCUT2D eigenvalue weighted by molar-refractivity contribution is 7.12. The zero-order valence-corrected chi connectivity index (χ0v) is 16.8. The number of carbonyl (C=O) groups excluding carboxylic acids is 1. The van der Waals surface area contributed by atoms with Gasteiger partial charge in [0, 0.05) is 32.2 Å². The molecule has 0 atom stereocenters. The van der Waals surface area contributed by atoms with Crippen molar-refractivity contribution >= 4 is 23.1 Å². The number of para-hydroxylation sites is 1. The van der Waals surface area contributed by atoms with Crippen LogP contribution in [0.15, 0.2) is 47.8 Å². The third-order valence-electron chi connectivity index (χ3n) is 4.60. The van der Waals surface area contributed by atoms with Crippen molar-refractivity contribution in [3.05, 3.63) is 64.1 Å². The van der Waals surface area contributed by atoms with Gasteiger partial charge in [-0.3, -0.25) is 4.79 Å². The largest absolute Gasteiger partial charge is 0.439 e. The van der Waals surface area contributed by atoms with E-state index in [1.54, 1.807) is 0 Å². The summed E-state index contributed by atoms with van der Waals surface area (Å²) in [6, 6.07) is 13.4. The average Bonchev–Trinajstić information content (AvgIpc) is 3.14. The third-order valence-corrected chi connectivity index (χ3v) is 5.63. The van der Waals surface area contributed by atoms with Gasteiger partial charge in [-0.1, -0.05) is 18.2 Å². The number of aryl methyl sites for hydroxylation is 2. The van der Waals surface area contributed by atoms with Crippen LogP contribution in [0.1, 0.15) is 21.1 Å². The Bertz CT molecular complexity index is 966. The SMILES string of the molecule is Cc1csc(C(=O)N2CCN(c3cc(Oc4ccccc4)nc(C)n3)CC2)c1. The number of hydrogen-bond acceptors (Lipinski definition) is 6. The third kappa shape index (κ3) is 4.14. The summed E-state index contributed by atoms with van der Waals surface area (Å²) in [6.07, 6.45) is 0. The highest BCUT2D eigenvalue weighted by Gasteiger charge is 2.24. The molecule has 1 saturated heterocycles. The zero-order chi connectivity index (χ0) is 19.5. The maximum Gasteiger partial charge on any atom is 0.264 e. The van der Waals surface area contributed by atoms with Crippen LogP contribution in [0.4, 0.5) is 5.82 Å². The number of anilines is 1. The van der Waals surface area contributed by atoms with Gasteiger partial charge in [-0.2, -0.15) is 4.98 Å². The van der Waals surface area contributed by atoms with E-state index in [-0.39, 0.29) is 5.91 Å². The Morgan fingerprint density at radius 1 is 1.04 bits per heavy atom. The van der Waals surface area contributed by atoms with Crippen molar-refractivity contribution < 1.29 is 9.53 Å². The molecule has 0 saturated carbocycles. The number of aromatic nitrogens is 2. The van der Waals surface area contributed by atoms with E-state index in [0.29, 0.717) is 24.8 Å². The summed E-state index contributed by atoms with van der Waals surface area (Å²) in [5.74, 6) is 2.88. The van der Waals surface area contributed by atoms with Gasteiger partial charge >= 0.3 is 0 Å². The molecule has 6 nitrogen and oxygen atoms in total. The van der Waals surface area contributed by atoms with Gasteiger partial charge in [0.2, 0.25) is 5.88 Å². The minimum absolute atomic E-state index is 0.115. The quantitative estimate of drug-likeness (QED) is 0.671. The molecule has 1 aromatic carbocycles. The molecule has 0 aliphatic carbocycles. The van der Waals surface area contributed by atoms with Crippen LogP contribution in [-0.2, 0) is 0 Å². The van der Waals surface area contributed by atoms with Crippen LogP contribution in [0.3, 0.4) is 0 Å². The lowest BCUT2D eigenvalue weighted by Gasteiger charge is -2.35. The number of piperazine rings is 1. The molecule has 0 radical (unpaired) electrons. The van der Waals surface area contributed by atoms with Gasteiger partial charge in [0.15, 0.2) is 0 Å². The number of nitrogens with zero attached hydrogens (tertiary/aromatic N) is 4. The Balaban J connectivity index is 1.43. The molecule has 1 aliphatic rings. The first kappa shape index (κ1) is 18.4. The number of ether oxygens (including phenoxy) is 1. The normalized spacial score (nSPS) is 14.2. The van der Waals surface area contributed by atoms with E-state index in [4.69, 9.17) is 4.74 Å². The second kappa shape index (κ2) is 7.98. The van der Waals surface area contributed by atoms with Crippen LogP contribution in [0.2, 0.25) is 0 Å². The van der Waals surface area contributed by atoms with Gasteiger partial charge < -0.3 is 14.5 Å². The highest BCUT2D eigenvalue weighted by Crippen LogP contribution is 2.24. The average molecular weight is 395 g/mol. The summed E-state index contributed by atoms with van der Waals surface area (Å²) in [5, 5.41) is 2.02. The van der Waals surface area contributed by atoms with Crippen molar-refractivity contribution in [2.75, 3.05) is 31.1 Å². The molecule has 28 heavy (non-hydrogen) atoms. The van der Waals surface area contributed by atoms with E-state index in [0.717, 1.165) is 35.1 Å². The Morgan fingerprint density at radius 3 is 2.46 bits per heavy atom. The van der Waals surface area contributed by atoms with Crippen LogP contribution in [0, 0.1) is 13.8 Å². The number of hydrogen-bond donors (Lipinski definition) is 0. The van der Waals surface area contributed by atoms with Gasteiger partial charge in [0.25, 0.3) is 5.91 Å². The molecule has 3 aromatic rings. The minimum atomic E-state index is 0.115. The number of thiophene rings is 1. The molecule has 0 N–H and O–H groups in total. The van der Waals surface area contributed by atoms with Gasteiger partial charge in [0.05, 0.1) is 4.88 Å². The fraction of sp³-hybridized carbons (Fsp3) is 0.286. The number of rotatable bonds is 4. The molecule has 0 spiro atoms. The molecule has 1 amide bonds. The fourth-order valence-electron chi connectivity index (χ4n) is 3.19. The Kier molecular flexibility index (Phi) is 5.25. The second-order valence-corrected chi connectivity index (χ2v) is 7.71. The monoisotopic (exact) mass is 394 g/mol. The lowest BCUT2D eigenvalue weighted by atomic mass is 10.2. The standard InChI is InChI=1S/C21H22N4O2S/c1-15-12-18(28-14-15)21(26)25-10-8-24(9-11-25)19-13-20(23-16(2)22-19)27-17-6-4-3-5-7-17/h3-7,12-14H,8-11H2,1-2H3. The van der Waals surface area contributed by atoms with Gasteiger partial charge in [0.1, 0.15) is 17.4 Å². The summed E-state index contributed by atoms with van der Waals surface area (Å²) in [6.45, 7) is 6.69. The van der Waals surface area contributed by atoms with Crippen LogP contribution >= 0.6 is 11.3 Å². The van der Waals surface area contributed by atoms with Crippen LogP contribution in [0.25, 0.3) is 0 Å². The molecular formula is C21H22N4O2S. The molecule has 4 rings (SSSR count). The molecule has 144 valence electrons. The van der Waals surface area contributed by atoms with E-state index >= 15 is 0 Å². The lowest BCUT2D eigenvalue weighted by Crippen LogP contribution is -2.49. The van der Waals surface area contributed by atoms with E-state index in [9.17, 15) is 4.79 Å². The van der Waals surface area contributed by atoms with Gasteiger partial charge in [-0.25, -0.2) is 4.98 Å². The molecule has 2 aromatic heterocycles. The fourth-order valence-corrected chi connectivity index (χ4v) is 4.05. The predicted molar refractivity (Wildman–Crippen MR) is 110 cm³/mol. The van der Waals surface area contributed by atoms with Gasteiger partial charge in [-0.05, 0) is 43.0 Å². The van der Waals surface area contributed by atoms with Crippen molar-refractivity contribution in [2.24, 2.45) is 0 Å². The maximum atomic E-state index is 12.6. The van der Waals surface area contributed by atoms with Crippen LogP contribution < -0.4 is 9.64 Å². The Morgan fingerprint density at radius 2 is 1.79 bits per heavy atom. The summed E-state index contributed by atoms with van der Waals surface area (Å²) < 4.78 is 5.87. The van der Waals surface area contributed by atoms with E-state index < -0.39 is 0 Å². The smallest absolute Gasteiger partial charge is 0.264 e. The molecule has 7 heteroatoms. The first-order chi connectivity index (χ1) is 13.6. The summed E-state index contributed by atoms with van der Waals surface area (Å²) in [4.78, 5) is 26.5. The summed E-state index contributed by atoms with van der Waals surface area (Å²) in [5.41, 5.74) is 1.13. The number of carbonyl (C=O) groups is 1. The van der Waals surface area contributed by atoms with Crippen molar-refractivity contribution in [3.8, 4) is 11.6 Å². The summed E-state index contributed by atoms with van der Waals surface area (Å²) in [7, 11) is 0. The number of benzene rings is 1. The molecule has 1 aliphatic heterocycles. The highest BCUT2D eigenvalue weighted by atomic mass is 32.1. The first-order valence-electron chi connectivity index (χ1n) is 9.26. The lowest BCUT2D eigenvalue weighted by molar-refractivity contribution is 0.0751. The Labute approximate surface area is 168 Å². The second-order valence-electron chi connectivity index (χ2n) is 6.79. The predicted octanol–water partition coefficient (Wildman–Crippen LogP) is 3.91. The molecule has 1 fully saturated rings. The molecule has 0 bridgehead atoms. The molecule has 3 heterocycles. The summed E-state index contributed by atoms with van der Waals surface area (Å²) >= 11 is 1.51. The molecule has 0 unspecified atom stereocenters. The first-order valence-corrected chi connectivity index (χ1v) is 10.1. The van der Waals surface area contributed by atoms with E-state index in [2.05, 4.69) is 14.9 Å². The minimum Gasteiger partial charge on any atom is -0.439 e. The van der Waals surface area contributed by atoms with Crippen molar-refractivity contribution in [3.63, 3.8) is 0 Å². The van der Waals surface area contributed by atoms with Crippen molar-refractivity contribution in [1.29, 1.82) is 0 Å². The zero-order valence-electron chi connectivity index (χ0n) is 16.0.